The molecule has 0 saturated heterocycles. The van der Waals surface area contributed by atoms with Crippen LogP contribution in [-0.4, -0.2) is 13.7 Å². The van der Waals surface area contributed by atoms with E-state index in [1.54, 1.807) is 6.07 Å². The lowest BCUT2D eigenvalue weighted by atomic mass is 10.1. The van der Waals surface area contributed by atoms with Crippen LogP contribution in [0.5, 0.6) is 5.75 Å². The summed E-state index contributed by atoms with van der Waals surface area (Å²) in [6.07, 6.45) is 3.24. The lowest BCUT2D eigenvalue weighted by Crippen LogP contribution is -2.12. The SMILES string of the molecule is CCCCCOc1ccc(C(C)NC)cc1F. The summed E-state index contributed by atoms with van der Waals surface area (Å²) in [6.45, 7) is 4.72. The van der Waals surface area contributed by atoms with Crippen molar-refractivity contribution in [2.45, 2.75) is 39.2 Å². The van der Waals surface area contributed by atoms with Crippen molar-refractivity contribution in [1.29, 1.82) is 0 Å². The minimum atomic E-state index is -0.277. The van der Waals surface area contributed by atoms with Crippen molar-refractivity contribution in [3.63, 3.8) is 0 Å². The van der Waals surface area contributed by atoms with Crippen LogP contribution in [0.3, 0.4) is 0 Å². The van der Waals surface area contributed by atoms with Gasteiger partial charge in [0.05, 0.1) is 6.61 Å². The van der Waals surface area contributed by atoms with Gasteiger partial charge in [-0.3, -0.25) is 0 Å². The fourth-order valence-corrected chi connectivity index (χ4v) is 1.60. The van der Waals surface area contributed by atoms with Gasteiger partial charge in [-0.2, -0.15) is 0 Å². The van der Waals surface area contributed by atoms with Gasteiger partial charge in [0.15, 0.2) is 11.6 Å². The van der Waals surface area contributed by atoms with Gasteiger partial charge >= 0.3 is 0 Å². The van der Waals surface area contributed by atoms with Gasteiger partial charge < -0.3 is 10.1 Å². The van der Waals surface area contributed by atoms with Crippen LogP contribution < -0.4 is 10.1 Å². The van der Waals surface area contributed by atoms with E-state index in [-0.39, 0.29) is 11.9 Å². The molecule has 0 saturated carbocycles. The number of unbranched alkanes of at least 4 members (excludes halogenated alkanes) is 2. The first-order valence-electron chi connectivity index (χ1n) is 6.28. The Morgan fingerprint density at radius 1 is 1.35 bits per heavy atom. The minimum Gasteiger partial charge on any atom is -0.491 e. The number of hydrogen-bond donors (Lipinski definition) is 1. The molecule has 1 N–H and O–H groups in total. The van der Waals surface area contributed by atoms with Crippen molar-refractivity contribution >= 4 is 0 Å². The van der Waals surface area contributed by atoms with Crippen molar-refractivity contribution in [1.82, 2.24) is 5.32 Å². The van der Waals surface area contributed by atoms with Crippen LogP contribution in [0, 0.1) is 5.82 Å². The van der Waals surface area contributed by atoms with Crippen LogP contribution in [0.25, 0.3) is 0 Å². The number of rotatable bonds is 7. The second-order valence-corrected chi connectivity index (χ2v) is 4.26. The van der Waals surface area contributed by atoms with Crippen LogP contribution in [0.2, 0.25) is 0 Å². The zero-order chi connectivity index (χ0) is 12.7. The molecule has 0 radical (unpaired) electrons. The first-order valence-corrected chi connectivity index (χ1v) is 6.28. The molecule has 0 spiro atoms. The maximum atomic E-state index is 13.7. The standard InChI is InChI=1S/C14H22FNO/c1-4-5-6-9-17-14-8-7-12(10-13(14)15)11(2)16-3/h7-8,10-11,16H,4-6,9H2,1-3H3. The normalized spacial score (nSPS) is 12.5. The van der Waals surface area contributed by atoms with Crippen LogP contribution in [0.1, 0.15) is 44.7 Å². The molecule has 1 unspecified atom stereocenters. The van der Waals surface area contributed by atoms with Crippen LogP contribution >= 0.6 is 0 Å². The molecule has 1 rings (SSSR count). The van der Waals surface area contributed by atoms with Gasteiger partial charge in [-0.05, 0) is 38.1 Å². The molecule has 0 amide bonds. The quantitative estimate of drug-likeness (QED) is 0.733. The van der Waals surface area contributed by atoms with Gasteiger partial charge in [0.2, 0.25) is 0 Å². The van der Waals surface area contributed by atoms with Crippen molar-refractivity contribution < 1.29 is 9.13 Å². The molecule has 2 nitrogen and oxygen atoms in total. The number of hydrogen-bond acceptors (Lipinski definition) is 2. The van der Waals surface area contributed by atoms with Gasteiger partial charge in [-0.15, -0.1) is 0 Å². The van der Waals surface area contributed by atoms with Gasteiger partial charge in [-0.1, -0.05) is 25.8 Å². The summed E-state index contributed by atoms with van der Waals surface area (Å²) in [4.78, 5) is 0. The Bertz CT molecular complexity index is 341. The summed E-state index contributed by atoms with van der Waals surface area (Å²) < 4.78 is 19.1. The summed E-state index contributed by atoms with van der Waals surface area (Å²) in [5, 5.41) is 3.08. The maximum absolute atomic E-state index is 13.7. The zero-order valence-corrected chi connectivity index (χ0v) is 10.9. The molecule has 0 heterocycles. The van der Waals surface area contributed by atoms with Crippen LogP contribution in [0.15, 0.2) is 18.2 Å². The Morgan fingerprint density at radius 3 is 2.71 bits per heavy atom. The molecule has 3 heteroatoms. The lowest BCUT2D eigenvalue weighted by molar-refractivity contribution is 0.291. The van der Waals surface area contributed by atoms with Crippen LogP contribution in [-0.2, 0) is 0 Å². The van der Waals surface area contributed by atoms with E-state index in [0.717, 1.165) is 24.8 Å². The van der Waals surface area contributed by atoms with Gasteiger partial charge in [0.1, 0.15) is 0 Å². The van der Waals surface area contributed by atoms with E-state index in [1.165, 1.54) is 6.07 Å². The second kappa shape index (κ2) is 7.28. The third kappa shape index (κ3) is 4.35. The predicted molar refractivity (Wildman–Crippen MR) is 68.9 cm³/mol. The highest BCUT2D eigenvalue weighted by molar-refractivity contribution is 5.30. The Morgan fingerprint density at radius 2 is 2.12 bits per heavy atom. The molecule has 0 aromatic heterocycles. The Hall–Kier alpha value is -1.09. The van der Waals surface area contributed by atoms with Crippen molar-refractivity contribution in [3.8, 4) is 5.75 Å². The average Bonchev–Trinajstić information content (AvgIpc) is 2.35. The average molecular weight is 239 g/mol. The summed E-state index contributed by atoms with van der Waals surface area (Å²) >= 11 is 0. The Labute approximate surface area is 103 Å². The summed E-state index contributed by atoms with van der Waals surface area (Å²) in [5.74, 6) is 0.0780. The van der Waals surface area contributed by atoms with Crippen molar-refractivity contribution in [2.24, 2.45) is 0 Å². The molecule has 0 aliphatic rings. The fourth-order valence-electron chi connectivity index (χ4n) is 1.60. The van der Waals surface area contributed by atoms with Crippen molar-refractivity contribution in [2.75, 3.05) is 13.7 Å². The van der Waals surface area contributed by atoms with Gasteiger partial charge in [-0.25, -0.2) is 4.39 Å². The lowest BCUT2D eigenvalue weighted by Gasteiger charge is -2.12. The molecule has 1 atom stereocenters. The third-order valence-electron chi connectivity index (χ3n) is 2.89. The van der Waals surface area contributed by atoms with Crippen molar-refractivity contribution in [3.05, 3.63) is 29.6 Å². The highest BCUT2D eigenvalue weighted by atomic mass is 19.1. The third-order valence-corrected chi connectivity index (χ3v) is 2.89. The molecule has 0 aliphatic heterocycles. The number of benzene rings is 1. The summed E-state index contributed by atoms with van der Waals surface area (Å²) in [7, 11) is 1.86. The second-order valence-electron chi connectivity index (χ2n) is 4.26. The summed E-state index contributed by atoms with van der Waals surface area (Å²) in [5.41, 5.74) is 0.936. The van der Waals surface area contributed by atoms with E-state index in [1.807, 2.05) is 20.0 Å². The molecular weight excluding hydrogens is 217 g/mol. The molecule has 96 valence electrons. The molecular formula is C14H22FNO. The maximum Gasteiger partial charge on any atom is 0.165 e. The molecule has 0 bridgehead atoms. The smallest absolute Gasteiger partial charge is 0.165 e. The Kier molecular flexibility index (Phi) is 5.98. The Balaban J connectivity index is 2.57. The monoisotopic (exact) mass is 239 g/mol. The molecule has 1 aromatic carbocycles. The van der Waals surface area contributed by atoms with E-state index in [4.69, 9.17) is 4.74 Å². The minimum absolute atomic E-state index is 0.152. The van der Waals surface area contributed by atoms with Gasteiger partial charge in [0.25, 0.3) is 0 Å². The molecule has 0 aliphatic carbocycles. The number of nitrogens with one attached hydrogen (secondary N) is 1. The molecule has 17 heavy (non-hydrogen) atoms. The van der Waals surface area contributed by atoms with Crippen LogP contribution in [0.4, 0.5) is 4.39 Å². The predicted octanol–water partition coefficient (Wildman–Crippen LogP) is 3.68. The number of ether oxygens (including phenoxy) is 1. The molecule has 1 aromatic rings. The highest BCUT2D eigenvalue weighted by Gasteiger charge is 2.08. The largest absolute Gasteiger partial charge is 0.491 e. The van der Waals surface area contributed by atoms with E-state index >= 15 is 0 Å². The fraction of sp³-hybridized carbons (Fsp3) is 0.571. The van der Waals surface area contributed by atoms with Gasteiger partial charge in [0, 0.05) is 6.04 Å². The van der Waals surface area contributed by atoms with E-state index < -0.39 is 0 Å². The highest BCUT2D eigenvalue weighted by Crippen LogP contribution is 2.22. The topological polar surface area (TPSA) is 21.3 Å². The van der Waals surface area contributed by atoms with E-state index in [9.17, 15) is 4.39 Å². The number of halogens is 1. The van der Waals surface area contributed by atoms with E-state index in [0.29, 0.717) is 12.4 Å². The molecule has 0 fully saturated rings. The zero-order valence-electron chi connectivity index (χ0n) is 10.9. The first-order chi connectivity index (χ1) is 8.19. The van der Waals surface area contributed by atoms with E-state index in [2.05, 4.69) is 12.2 Å². The first kappa shape index (κ1) is 14.0. The summed E-state index contributed by atoms with van der Waals surface area (Å²) in [6, 6.07) is 5.30.